The van der Waals surface area contributed by atoms with Crippen LogP contribution in [0.5, 0.6) is 0 Å². The Hall–Kier alpha value is -2.66. The molecule has 0 saturated carbocycles. The van der Waals surface area contributed by atoms with Gasteiger partial charge < -0.3 is 15.7 Å². The number of benzene rings is 1. The summed E-state index contributed by atoms with van der Waals surface area (Å²) < 4.78 is 33.6. The van der Waals surface area contributed by atoms with Crippen molar-refractivity contribution in [3.8, 4) is 0 Å². The zero-order valence-corrected chi connectivity index (χ0v) is 19.3. The number of aryl methyl sites for hydroxylation is 1. The second kappa shape index (κ2) is 10.5. The molecule has 8 nitrogen and oxygen atoms in total. The number of likely N-dealkylation sites (tertiary alicyclic amines) is 1. The lowest BCUT2D eigenvalue weighted by Gasteiger charge is -2.33. The van der Waals surface area contributed by atoms with Crippen LogP contribution in [-0.2, 0) is 16.9 Å². The van der Waals surface area contributed by atoms with E-state index in [9.17, 15) is 18.0 Å². The van der Waals surface area contributed by atoms with Crippen LogP contribution in [0.1, 0.15) is 48.3 Å². The summed E-state index contributed by atoms with van der Waals surface area (Å²) in [6.45, 7) is 8.00. The maximum atomic E-state index is 12.9. The van der Waals surface area contributed by atoms with Gasteiger partial charge in [-0.05, 0) is 57.2 Å². The Morgan fingerprint density at radius 2 is 1.94 bits per heavy atom. The van der Waals surface area contributed by atoms with Gasteiger partial charge in [0.25, 0.3) is 5.91 Å². The van der Waals surface area contributed by atoms with E-state index < -0.39 is 17.7 Å². The summed E-state index contributed by atoms with van der Waals surface area (Å²) >= 11 is 6.08. The van der Waals surface area contributed by atoms with Crippen LogP contribution in [0.25, 0.3) is 0 Å². The molecule has 1 aliphatic rings. The molecule has 1 atom stereocenters. The van der Waals surface area contributed by atoms with Crippen molar-refractivity contribution in [2.45, 2.75) is 51.9 Å². The van der Waals surface area contributed by atoms with Crippen LogP contribution in [-0.4, -0.2) is 56.1 Å². The number of nitrogens with two attached hydrogens (primary N) is 1. The fourth-order valence-corrected chi connectivity index (χ4v) is 3.51. The first kappa shape index (κ1) is 26.6. The minimum Gasteiger partial charge on any atom is -0.475 e. The van der Waals surface area contributed by atoms with Gasteiger partial charge in [-0.25, -0.2) is 4.79 Å². The first-order valence-corrected chi connectivity index (χ1v) is 10.6. The van der Waals surface area contributed by atoms with E-state index in [1.807, 2.05) is 48.7 Å². The van der Waals surface area contributed by atoms with Gasteiger partial charge in [-0.15, -0.1) is 5.10 Å². The summed E-state index contributed by atoms with van der Waals surface area (Å²) in [5, 5.41) is 16.1. The molecular formula is C21H27ClF3N5O3. The molecule has 1 aromatic carbocycles. The lowest BCUT2D eigenvalue weighted by molar-refractivity contribution is -0.192. The van der Waals surface area contributed by atoms with E-state index in [-0.39, 0.29) is 5.91 Å². The summed E-state index contributed by atoms with van der Waals surface area (Å²) in [4.78, 5) is 23.7. The third kappa shape index (κ3) is 7.71. The fraction of sp³-hybridized carbons (Fsp3) is 0.524. The predicted molar refractivity (Wildman–Crippen MR) is 116 cm³/mol. The van der Waals surface area contributed by atoms with Crippen LogP contribution in [0.2, 0.25) is 5.02 Å². The number of halogens is 4. The van der Waals surface area contributed by atoms with Crippen LogP contribution < -0.4 is 5.73 Å². The third-order valence-electron chi connectivity index (χ3n) is 5.12. The van der Waals surface area contributed by atoms with Gasteiger partial charge in [-0.2, -0.15) is 13.2 Å². The van der Waals surface area contributed by atoms with E-state index >= 15 is 0 Å². The Balaban J connectivity index is 0.000000479. The highest BCUT2D eigenvalue weighted by Crippen LogP contribution is 2.23. The SMILES string of the molecule is Cc1ccc(Cl)cc1C(=O)N1CCCC(Cn2cc(C(C)(C)N)nn2)C1.O=C(O)C(F)(F)F. The second-order valence-corrected chi connectivity index (χ2v) is 9.01. The first-order chi connectivity index (χ1) is 15.2. The van der Waals surface area contributed by atoms with Crippen molar-refractivity contribution in [1.82, 2.24) is 19.9 Å². The number of rotatable bonds is 4. The largest absolute Gasteiger partial charge is 0.490 e. The van der Waals surface area contributed by atoms with Crippen molar-refractivity contribution in [2.24, 2.45) is 11.7 Å². The van der Waals surface area contributed by atoms with Gasteiger partial charge in [0.15, 0.2) is 0 Å². The van der Waals surface area contributed by atoms with Crippen LogP contribution in [0, 0.1) is 12.8 Å². The molecule has 3 rings (SSSR count). The van der Waals surface area contributed by atoms with Crippen molar-refractivity contribution in [3.63, 3.8) is 0 Å². The van der Waals surface area contributed by atoms with Gasteiger partial charge in [-0.3, -0.25) is 9.48 Å². The Morgan fingerprint density at radius 3 is 2.48 bits per heavy atom. The normalized spacial score (nSPS) is 16.7. The lowest BCUT2D eigenvalue weighted by Crippen LogP contribution is -2.41. The summed E-state index contributed by atoms with van der Waals surface area (Å²) in [5.74, 6) is -2.35. The zero-order valence-electron chi connectivity index (χ0n) is 18.6. The monoisotopic (exact) mass is 489 g/mol. The molecule has 1 aromatic heterocycles. The highest BCUT2D eigenvalue weighted by molar-refractivity contribution is 6.31. The number of carbonyl (C=O) groups excluding carboxylic acids is 1. The summed E-state index contributed by atoms with van der Waals surface area (Å²) in [7, 11) is 0. The number of hydrogen-bond donors (Lipinski definition) is 2. The Labute approximate surface area is 194 Å². The Bertz CT molecular complexity index is 988. The second-order valence-electron chi connectivity index (χ2n) is 8.57. The molecule has 182 valence electrons. The molecule has 1 amide bonds. The number of amides is 1. The van der Waals surface area contributed by atoms with Crippen molar-refractivity contribution in [3.05, 3.63) is 46.2 Å². The number of piperidine rings is 1. The van der Waals surface area contributed by atoms with Gasteiger partial charge in [-0.1, -0.05) is 22.9 Å². The summed E-state index contributed by atoms with van der Waals surface area (Å²) in [5.41, 5.74) is 7.98. The Morgan fingerprint density at radius 1 is 1.30 bits per heavy atom. The minimum absolute atomic E-state index is 0.0528. The van der Waals surface area contributed by atoms with Crippen molar-refractivity contribution >= 4 is 23.5 Å². The third-order valence-corrected chi connectivity index (χ3v) is 5.36. The standard InChI is InChI=1S/C19H26ClN5O.C2HF3O2/c1-13-6-7-15(20)9-16(13)18(26)24-8-4-5-14(10-24)11-25-12-17(22-23-25)19(2,3)21;3-2(4,5)1(6)7/h6-7,9,12,14H,4-5,8,10-11,21H2,1-3H3;(H,6,7). The van der Waals surface area contributed by atoms with Gasteiger partial charge in [0.05, 0.1) is 11.7 Å². The quantitative estimate of drug-likeness (QED) is 0.678. The van der Waals surface area contributed by atoms with E-state index in [0.29, 0.717) is 23.0 Å². The first-order valence-electron chi connectivity index (χ1n) is 10.2. The number of alkyl halides is 3. The van der Waals surface area contributed by atoms with E-state index in [1.165, 1.54) is 0 Å². The maximum Gasteiger partial charge on any atom is 0.490 e. The number of hydrogen-bond acceptors (Lipinski definition) is 5. The molecule has 0 spiro atoms. The molecule has 1 unspecified atom stereocenters. The number of aliphatic carboxylic acids is 1. The van der Waals surface area contributed by atoms with Crippen molar-refractivity contribution in [1.29, 1.82) is 0 Å². The highest BCUT2D eigenvalue weighted by atomic mass is 35.5. The number of carboxylic acids is 1. The summed E-state index contributed by atoms with van der Waals surface area (Å²) in [6.07, 6.45) is -1.12. The zero-order chi connectivity index (χ0) is 25.0. The van der Waals surface area contributed by atoms with Crippen LogP contribution in [0.4, 0.5) is 13.2 Å². The van der Waals surface area contributed by atoms with Gasteiger partial charge in [0.2, 0.25) is 0 Å². The lowest BCUT2D eigenvalue weighted by atomic mass is 9.96. The van der Waals surface area contributed by atoms with Crippen LogP contribution >= 0.6 is 11.6 Å². The maximum absolute atomic E-state index is 12.9. The molecule has 1 saturated heterocycles. The van der Waals surface area contributed by atoms with Gasteiger partial charge in [0.1, 0.15) is 5.69 Å². The van der Waals surface area contributed by atoms with E-state index in [4.69, 9.17) is 27.2 Å². The van der Waals surface area contributed by atoms with Gasteiger partial charge in [0, 0.05) is 30.2 Å². The average molecular weight is 490 g/mol. The highest BCUT2D eigenvalue weighted by Gasteiger charge is 2.38. The molecule has 1 aliphatic heterocycles. The minimum atomic E-state index is -5.08. The van der Waals surface area contributed by atoms with E-state index in [2.05, 4.69) is 10.3 Å². The molecule has 12 heteroatoms. The van der Waals surface area contributed by atoms with Gasteiger partial charge >= 0.3 is 12.1 Å². The molecule has 2 heterocycles. The number of carboxylic acid groups (broad SMARTS) is 1. The molecular weight excluding hydrogens is 463 g/mol. The molecule has 0 bridgehead atoms. The smallest absolute Gasteiger partial charge is 0.475 e. The van der Waals surface area contributed by atoms with Crippen LogP contribution in [0.15, 0.2) is 24.4 Å². The van der Waals surface area contributed by atoms with E-state index in [1.54, 1.807) is 6.07 Å². The molecule has 3 N–H and O–H groups in total. The summed E-state index contributed by atoms with van der Waals surface area (Å²) in [6, 6.07) is 5.46. The predicted octanol–water partition coefficient (Wildman–Crippen LogP) is 3.62. The molecule has 2 aromatic rings. The molecule has 0 radical (unpaired) electrons. The fourth-order valence-electron chi connectivity index (χ4n) is 3.34. The van der Waals surface area contributed by atoms with Crippen LogP contribution in [0.3, 0.4) is 0 Å². The molecule has 33 heavy (non-hydrogen) atoms. The average Bonchev–Trinajstić information content (AvgIpc) is 3.18. The molecule has 1 fully saturated rings. The Kier molecular flexibility index (Phi) is 8.47. The number of nitrogens with zero attached hydrogens (tertiary/aromatic N) is 4. The number of aromatic nitrogens is 3. The number of carbonyl (C=O) groups is 2. The van der Waals surface area contributed by atoms with E-state index in [0.717, 1.165) is 37.2 Å². The topological polar surface area (TPSA) is 114 Å². The molecule has 0 aliphatic carbocycles. The van der Waals surface area contributed by atoms with Crippen molar-refractivity contribution in [2.75, 3.05) is 13.1 Å². The van der Waals surface area contributed by atoms with Crippen molar-refractivity contribution < 1.29 is 27.9 Å².